The molecule has 1 aliphatic rings. The molecule has 0 saturated heterocycles. The van der Waals surface area contributed by atoms with Crippen molar-refractivity contribution in [3.05, 3.63) is 53.6 Å². The summed E-state index contributed by atoms with van der Waals surface area (Å²) in [5.41, 5.74) is 5.62. The van der Waals surface area contributed by atoms with Gasteiger partial charge in [0, 0.05) is 12.1 Å². The van der Waals surface area contributed by atoms with E-state index in [9.17, 15) is 0 Å². The normalized spacial score (nSPS) is 17.7. The molecule has 24 heavy (non-hydrogen) atoms. The van der Waals surface area contributed by atoms with E-state index in [-0.39, 0.29) is 6.10 Å². The molecule has 1 atom stereocenters. The smallest absolute Gasteiger partial charge is 0.161 e. The fourth-order valence-corrected chi connectivity index (χ4v) is 3.07. The van der Waals surface area contributed by atoms with Crippen molar-refractivity contribution >= 4 is 0 Å². The standard InChI is InChI=1S/C19H24N2O3/c1-20-21-10-9-14-11-17(22-2)18(23-3)12-16(14)19(13-21)24-15-7-5-4-6-8-15/h4-8,11-12,19-20H,9-10,13H2,1-3H3. The lowest BCUT2D eigenvalue weighted by Crippen LogP contribution is -2.39. The zero-order chi connectivity index (χ0) is 16.9. The van der Waals surface area contributed by atoms with Gasteiger partial charge in [0.25, 0.3) is 0 Å². The Labute approximate surface area is 143 Å². The summed E-state index contributed by atoms with van der Waals surface area (Å²) in [4.78, 5) is 0. The van der Waals surface area contributed by atoms with Gasteiger partial charge in [-0.3, -0.25) is 5.43 Å². The Morgan fingerprint density at radius 2 is 1.75 bits per heavy atom. The minimum Gasteiger partial charge on any atom is -0.493 e. The fourth-order valence-electron chi connectivity index (χ4n) is 3.07. The third-order valence-electron chi connectivity index (χ3n) is 4.37. The van der Waals surface area contributed by atoms with Gasteiger partial charge in [0.15, 0.2) is 11.5 Å². The number of fused-ring (bicyclic) bond motifs is 1. The topological polar surface area (TPSA) is 43.0 Å². The van der Waals surface area contributed by atoms with Gasteiger partial charge in [-0.05, 0) is 43.3 Å². The molecule has 2 aromatic rings. The largest absolute Gasteiger partial charge is 0.493 e. The molecule has 0 bridgehead atoms. The van der Waals surface area contributed by atoms with Gasteiger partial charge in [-0.15, -0.1) is 0 Å². The minimum absolute atomic E-state index is 0.0860. The predicted molar refractivity (Wildman–Crippen MR) is 93.7 cm³/mol. The molecule has 0 radical (unpaired) electrons. The molecule has 0 aliphatic carbocycles. The highest BCUT2D eigenvalue weighted by atomic mass is 16.5. The summed E-state index contributed by atoms with van der Waals surface area (Å²) in [5, 5.41) is 2.17. The first kappa shape index (κ1) is 16.6. The molecular weight excluding hydrogens is 304 g/mol. The van der Waals surface area contributed by atoms with Crippen molar-refractivity contribution < 1.29 is 14.2 Å². The molecule has 1 aliphatic heterocycles. The second kappa shape index (κ2) is 7.55. The molecule has 1 heterocycles. The highest BCUT2D eigenvalue weighted by molar-refractivity contribution is 5.49. The van der Waals surface area contributed by atoms with E-state index in [1.165, 1.54) is 5.56 Å². The number of ether oxygens (including phenoxy) is 3. The maximum atomic E-state index is 6.29. The van der Waals surface area contributed by atoms with E-state index >= 15 is 0 Å². The Morgan fingerprint density at radius 3 is 2.42 bits per heavy atom. The Bertz CT molecular complexity index is 676. The molecule has 0 saturated carbocycles. The highest BCUT2D eigenvalue weighted by Gasteiger charge is 2.26. The van der Waals surface area contributed by atoms with Gasteiger partial charge in [-0.1, -0.05) is 18.2 Å². The van der Waals surface area contributed by atoms with Gasteiger partial charge in [-0.25, -0.2) is 5.01 Å². The van der Waals surface area contributed by atoms with E-state index in [4.69, 9.17) is 14.2 Å². The third-order valence-corrected chi connectivity index (χ3v) is 4.37. The first-order chi connectivity index (χ1) is 11.7. The summed E-state index contributed by atoms with van der Waals surface area (Å²) in [6.45, 7) is 1.67. The molecule has 128 valence electrons. The molecule has 0 fully saturated rings. The first-order valence-electron chi connectivity index (χ1n) is 8.14. The lowest BCUT2D eigenvalue weighted by molar-refractivity contribution is 0.113. The van der Waals surface area contributed by atoms with Crippen LogP contribution >= 0.6 is 0 Å². The van der Waals surface area contributed by atoms with Crippen molar-refractivity contribution in [3.8, 4) is 17.2 Å². The van der Waals surface area contributed by atoms with Crippen molar-refractivity contribution in [1.29, 1.82) is 0 Å². The number of methoxy groups -OCH3 is 2. The van der Waals surface area contributed by atoms with Gasteiger partial charge in [-0.2, -0.15) is 0 Å². The van der Waals surface area contributed by atoms with Crippen LogP contribution in [0.25, 0.3) is 0 Å². The number of rotatable bonds is 5. The molecule has 0 spiro atoms. The number of hydrogen-bond donors (Lipinski definition) is 1. The molecule has 0 aromatic heterocycles. The van der Waals surface area contributed by atoms with Crippen LogP contribution in [0.5, 0.6) is 17.2 Å². The van der Waals surface area contributed by atoms with Gasteiger partial charge < -0.3 is 14.2 Å². The average molecular weight is 328 g/mol. The van der Waals surface area contributed by atoms with Crippen LogP contribution in [0.1, 0.15) is 17.2 Å². The number of nitrogens with one attached hydrogen (secondary N) is 1. The molecule has 1 unspecified atom stereocenters. The lowest BCUT2D eigenvalue weighted by atomic mass is 10.00. The second-order valence-electron chi connectivity index (χ2n) is 5.75. The third kappa shape index (κ3) is 3.47. The number of hydrazine groups is 1. The summed E-state index contributed by atoms with van der Waals surface area (Å²) < 4.78 is 17.2. The Balaban J connectivity index is 1.99. The van der Waals surface area contributed by atoms with E-state index in [0.717, 1.165) is 42.3 Å². The van der Waals surface area contributed by atoms with Gasteiger partial charge >= 0.3 is 0 Å². The molecule has 0 amide bonds. The quantitative estimate of drug-likeness (QED) is 0.914. The van der Waals surface area contributed by atoms with Crippen molar-refractivity contribution in [2.45, 2.75) is 12.5 Å². The molecule has 2 aromatic carbocycles. The number of nitrogens with zero attached hydrogens (tertiary/aromatic N) is 1. The van der Waals surface area contributed by atoms with Gasteiger partial charge in [0.1, 0.15) is 11.9 Å². The van der Waals surface area contributed by atoms with Crippen LogP contribution in [0.4, 0.5) is 0 Å². The van der Waals surface area contributed by atoms with E-state index in [0.29, 0.717) is 0 Å². The van der Waals surface area contributed by atoms with E-state index < -0.39 is 0 Å². The minimum atomic E-state index is -0.0860. The first-order valence-corrected chi connectivity index (χ1v) is 8.14. The molecule has 1 N–H and O–H groups in total. The Hall–Kier alpha value is -2.24. The maximum Gasteiger partial charge on any atom is 0.161 e. The highest BCUT2D eigenvalue weighted by Crippen LogP contribution is 2.36. The van der Waals surface area contributed by atoms with E-state index in [1.807, 2.05) is 43.4 Å². The molecule has 5 heteroatoms. The van der Waals surface area contributed by atoms with E-state index in [1.54, 1.807) is 14.2 Å². The summed E-state index contributed by atoms with van der Waals surface area (Å²) in [7, 11) is 5.27. The van der Waals surface area contributed by atoms with Crippen molar-refractivity contribution in [2.75, 3.05) is 34.4 Å². The zero-order valence-corrected chi connectivity index (χ0v) is 14.4. The Morgan fingerprint density at radius 1 is 1.04 bits per heavy atom. The monoisotopic (exact) mass is 328 g/mol. The molecule has 5 nitrogen and oxygen atoms in total. The fraction of sp³-hybridized carbons (Fsp3) is 0.368. The van der Waals surface area contributed by atoms with Crippen molar-refractivity contribution in [2.24, 2.45) is 0 Å². The number of para-hydroxylation sites is 1. The van der Waals surface area contributed by atoms with Crippen molar-refractivity contribution in [3.63, 3.8) is 0 Å². The zero-order valence-electron chi connectivity index (χ0n) is 14.4. The molecule has 3 rings (SSSR count). The second-order valence-corrected chi connectivity index (χ2v) is 5.75. The van der Waals surface area contributed by atoms with Crippen LogP contribution in [0.3, 0.4) is 0 Å². The summed E-state index contributed by atoms with van der Waals surface area (Å²) in [6, 6.07) is 14.0. The van der Waals surface area contributed by atoms with Crippen LogP contribution < -0.4 is 19.6 Å². The molecular formula is C19H24N2O3. The van der Waals surface area contributed by atoms with Crippen molar-refractivity contribution in [1.82, 2.24) is 10.4 Å². The average Bonchev–Trinajstić information content (AvgIpc) is 2.80. The van der Waals surface area contributed by atoms with Crippen LogP contribution in [-0.2, 0) is 6.42 Å². The van der Waals surface area contributed by atoms with Crippen LogP contribution in [-0.4, -0.2) is 39.4 Å². The van der Waals surface area contributed by atoms with Crippen LogP contribution in [0.15, 0.2) is 42.5 Å². The summed E-state index contributed by atoms with van der Waals surface area (Å²) in [6.07, 6.45) is 0.836. The van der Waals surface area contributed by atoms with E-state index in [2.05, 4.69) is 16.5 Å². The van der Waals surface area contributed by atoms with Crippen LogP contribution in [0.2, 0.25) is 0 Å². The number of hydrogen-bond acceptors (Lipinski definition) is 5. The van der Waals surface area contributed by atoms with Gasteiger partial charge in [0.05, 0.1) is 20.8 Å². The summed E-state index contributed by atoms with van der Waals surface area (Å²) in [5.74, 6) is 2.35. The Kier molecular flexibility index (Phi) is 5.23. The number of benzene rings is 2. The predicted octanol–water partition coefficient (Wildman–Crippen LogP) is 2.82. The summed E-state index contributed by atoms with van der Waals surface area (Å²) >= 11 is 0. The SMILES string of the molecule is CNN1CCc2cc(OC)c(OC)cc2C(Oc2ccccc2)C1. The lowest BCUT2D eigenvalue weighted by Gasteiger charge is -2.25. The maximum absolute atomic E-state index is 6.29. The van der Waals surface area contributed by atoms with Gasteiger partial charge in [0.2, 0.25) is 0 Å². The van der Waals surface area contributed by atoms with Crippen LogP contribution in [0, 0.1) is 0 Å².